The summed E-state index contributed by atoms with van der Waals surface area (Å²) in [7, 11) is 0. The van der Waals surface area contributed by atoms with Crippen molar-refractivity contribution in [1.82, 2.24) is 14.5 Å². The third-order valence-corrected chi connectivity index (χ3v) is 5.25. The highest BCUT2D eigenvalue weighted by molar-refractivity contribution is 5.81. The largest absolute Gasteiger partial charge is 0.438 e. The van der Waals surface area contributed by atoms with Crippen LogP contribution in [0.3, 0.4) is 0 Å². The van der Waals surface area contributed by atoms with E-state index in [1.54, 1.807) is 24.8 Å². The zero-order valence-corrected chi connectivity index (χ0v) is 15.6. The van der Waals surface area contributed by atoms with E-state index in [2.05, 4.69) is 4.98 Å². The maximum atomic E-state index is 13.3. The summed E-state index contributed by atoms with van der Waals surface area (Å²) in [6.07, 6.45) is -2.16. The van der Waals surface area contributed by atoms with E-state index in [0.717, 1.165) is 35.0 Å². The van der Waals surface area contributed by atoms with E-state index in [1.807, 2.05) is 6.92 Å². The summed E-state index contributed by atoms with van der Waals surface area (Å²) in [5.41, 5.74) is -0.882. The average molecular weight is 381 g/mol. The van der Waals surface area contributed by atoms with Crippen molar-refractivity contribution in [1.29, 1.82) is 0 Å². The van der Waals surface area contributed by atoms with E-state index < -0.39 is 24.0 Å². The quantitative estimate of drug-likeness (QED) is 0.801. The van der Waals surface area contributed by atoms with E-state index >= 15 is 0 Å². The number of aryl methyl sites for hydroxylation is 2. The Bertz CT molecular complexity index is 950. The molecule has 5 nitrogen and oxygen atoms in total. The number of likely N-dealkylation sites (tertiary alicyclic amines) is 1. The van der Waals surface area contributed by atoms with E-state index in [9.17, 15) is 22.8 Å². The van der Waals surface area contributed by atoms with E-state index in [-0.39, 0.29) is 23.0 Å². The lowest BCUT2D eigenvalue weighted by molar-refractivity contribution is -0.143. The van der Waals surface area contributed by atoms with Crippen molar-refractivity contribution in [2.75, 3.05) is 6.54 Å². The number of alkyl halides is 3. The van der Waals surface area contributed by atoms with Crippen molar-refractivity contribution in [2.24, 2.45) is 0 Å². The normalized spacial score (nSPS) is 18.1. The maximum absolute atomic E-state index is 13.3. The number of carbonyl (C=O) groups excluding carboxylic acids is 1. The summed E-state index contributed by atoms with van der Waals surface area (Å²) < 4.78 is 40.9. The fraction of sp³-hybridized carbons (Fsp3) is 0.526. The van der Waals surface area contributed by atoms with Gasteiger partial charge in [0.25, 0.3) is 5.56 Å². The number of benzene rings is 1. The molecule has 1 saturated heterocycles. The molecular weight excluding hydrogens is 359 g/mol. The molecule has 0 spiro atoms. The Kier molecular flexibility index (Phi) is 5.01. The van der Waals surface area contributed by atoms with Crippen LogP contribution in [0.2, 0.25) is 0 Å². The van der Waals surface area contributed by atoms with E-state index in [0.29, 0.717) is 6.54 Å². The Morgan fingerprint density at radius 1 is 1.22 bits per heavy atom. The van der Waals surface area contributed by atoms with Gasteiger partial charge in [-0.05, 0) is 63.3 Å². The zero-order chi connectivity index (χ0) is 19.9. The Hall–Kier alpha value is -2.38. The standard InChI is InChI=1S/C19H22F3N3O2/c1-11-8-14-15(9-12(11)2)25(18(27)17(23-14)19(20,21)22)10-16(26)24-7-5-4-6-13(24)3/h8-9,13H,4-7,10H2,1-3H3. The summed E-state index contributed by atoms with van der Waals surface area (Å²) >= 11 is 0. The Morgan fingerprint density at radius 3 is 2.52 bits per heavy atom. The van der Waals surface area contributed by atoms with Gasteiger partial charge in [0, 0.05) is 12.6 Å². The summed E-state index contributed by atoms with van der Waals surface area (Å²) in [5, 5.41) is 0. The van der Waals surface area contributed by atoms with Crippen LogP contribution in [0.15, 0.2) is 16.9 Å². The van der Waals surface area contributed by atoms with Gasteiger partial charge in [0.05, 0.1) is 11.0 Å². The number of halogens is 3. The van der Waals surface area contributed by atoms with Crippen molar-refractivity contribution < 1.29 is 18.0 Å². The summed E-state index contributed by atoms with van der Waals surface area (Å²) in [5.74, 6) is -0.344. The maximum Gasteiger partial charge on any atom is 0.438 e. The number of nitrogens with zero attached hydrogens (tertiary/aromatic N) is 3. The van der Waals surface area contributed by atoms with Crippen molar-refractivity contribution in [3.8, 4) is 0 Å². The van der Waals surface area contributed by atoms with Crippen molar-refractivity contribution >= 4 is 16.9 Å². The minimum atomic E-state index is -4.88. The lowest BCUT2D eigenvalue weighted by atomic mass is 10.0. The van der Waals surface area contributed by atoms with Gasteiger partial charge in [0.2, 0.25) is 11.6 Å². The molecule has 3 rings (SSSR count). The van der Waals surface area contributed by atoms with E-state index in [1.165, 1.54) is 6.07 Å². The number of carbonyl (C=O) groups is 1. The highest BCUT2D eigenvalue weighted by atomic mass is 19.4. The fourth-order valence-electron chi connectivity index (χ4n) is 3.53. The van der Waals surface area contributed by atoms with Crippen molar-refractivity contribution in [3.63, 3.8) is 0 Å². The third-order valence-electron chi connectivity index (χ3n) is 5.25. The molecule has 1 unspecified atom stereocenters. The first-order chi connectivity index (χ1) is 12.6. The molecule has 0 bridgehead atoms. The molecule has 2 heterocycles. The van der Waals surface area contributed by atoms with Gasteiger partial charge in [-0.15, -0.1) is 0 Å². The van der Waals surface area contributed by atoms with Crippen LogP contribution in [0, 0.1) is 13.8 Å². The van der Waals surface area contributed by atoms with Crippen LogP contribution < -0.4 is 5.56 Å². The monoisotopic (exact) mass is 381 g/mol. The number of piperidine rings is 1. The molecule has 1 amide bonds. The molecule has 2 aromatic rings. The second-order valence-electron chi connectivity index (χ2n) is 7.21. The van der Waals surface area contributed by atoms with Gasteiger partial charge in [-0.25, -0.2) is 4.98 Å². The molecule has 1 aromatic heterocycles. The number of aromatic nitrogens is 2. The Labute approximate surface area is 154 Å². The van der Waals surface area contributed by atoms with Crippen molar-refractivity contribution in [2.45, 2.75) is 58.8 Å². The second kappa shape index (κ2) is 6.98. The van der Waals surface area contributed by atoms with Crippen LogP contribution in [0.1, 0.15) is 43.0 Å². The first-order valence-corrected chi connectivity index (χ1v) is 8.98. The smallest absolute Gasteiger partial charge is 0.338 e. The molecule has 27 heavy (non-hydrogen) atoms. The van der Waals surface area contributed by atoms with Crippen LogP contribution in [0.5, 0.6) is 0 Å². The summed E-state index contributed by atoms with van der Waals surface area (Å²) in [4.78, 5) is 30.5. The van der Waals surface area contributed by atoms with Crippen LogP contribution in [0.4, 0.5) is 13.2 Å². The highest BCUT2D eigenvalue weighted by Gasteiger charge is 2.38. The Morgan fingerprint density at radius 2 is 1.89 bits per heavy atom. The number of hydrogen-bond donors (Lipinski definition) is 0. The lowest BCUT2D eigenvalue weighted by Gasteiger charge is -2.33. The van der Waals surface area contributed by atoms with E-state index in [4.69, 9.17) is 0 Å². The van der Waals surface area contributed by atoms with Gasteiger partial charge in [-0.3, -0.25) is 14.2 Å². The number of rotatable bonds is 2. The predicted octanol–water partition coefficient (Wildman–Crippen LogP) is 3.43. The topological polar surface area (TPSA) is 55.2 Å². The molecule has 1 atom stereocenters. The van der Waals surface area contributed by atoms with Crippen LogP contribution >= 0.6 is 0 Å². The molecule has 1 aromatic carbocycles. The van der Waals surface area contributed by atoms with Gasteiger partial charge < -0.3 is 4.90 Å². The first kappa shape index (κ1) is 19.4. The number of hydrogen-bond acceptors (Lipinski definition) is 3. The molecule has 0 aliphatic carbocycles. The highest BCUT2D eigenvalue weighted by Crippen LogP contribution is 2.27. The molecule has 0 saturated carbocycles. The zero-order valence-electron chi connectivity index (χ0n) is 15.6. The first-order valence-electron chi connectivity index (χ1n) is 8.98. The van der Waals surface area contributed by atoms with Crippen molar-refractivity contribution in [3.05, 3.63) is 39.3 Å². The van der Waals surface area contributed by atoms with Gasteiger partial charge in [-0.1, -0.05) is 0 Å². The van der Waals surface area contributed by atoms with Gasteiger partial charge in [-0.2, -0.15) is 13.2 Å². The van der Waals surface area contributed by atoms with Gasteiger partial charge >= 0.3 is 6.18 Å². The molecule has 1 fully saturated rings. The lowest BCUT2D eigenvalue weighted by Crippen LogP contribution is -2.45. The molecule has 146 valence electrons. The summed E-state index contributed by atoms with van der Waals surface area (Å²) in [6, 6.07) is 3.15. The van der Waals surface area contributed by atoms with Gasteiger partial charge in [0.1, 0.15) is 6.54 Å². The molecule has 0 N–H and O–H groups in total. The summed E-state index contributed by atoms with van der Waals surface area (Å²) in [6.45, 7) is 5.62. The SMILES string of the molecule is Cc1cc2nc(C(F)(F)F)c(=O)n(CC(=O)N3CCCCC3C)c2cc1C. The second-order valence-corrected chi connectivity index (χ2v) is 7.21. The predicted molar refractivity (Wildman–Crippen MR) is 95.5 cm³/mol. The fourth-order valence-corrected chi connectivity index (χ4v) is 3.53. The third kappa shape index (κ3) is 3.70. The number of fused-ring (bicyclic) bond motifs is 1. The number of amides is 1. The van der Waals surface area contributed by atoms with Gasteiger partial charge in [0.15, 0.2) is 0 Å². The van der Waals surface area contributed by atoms with Crippen LogP contribution in [-0.4, -0.2) is 32.9 Å². The molecule has 0 radical (unpaired) electrons. The molecule has 8 heteroatoms. The molecular formula is C19H22F3N3O2. The minimum absolute atomic E-state index is 0.0149. The molecule has 1 aliphatic rings. The van der Waals surface area contributed by atoms with Crippen LogP contribution in [-0.2, 0) is 17.5 Å². The minimum Gasteiger partial charge on any atom is -0.338 e. The average Bonchev–Trinajstić information content (AvgIpc) is 2.58. The van der Waals surface area contributed by atoms with Crippen LogP contribution in [0.25, 0.3) is 11.0 Å². The molecule has 1 aliphatic heterocycles. The Balaban J connectivity index is 2.14.